The lowest BCUT2D eigenvalue weighted by Crippen LogP contribution is -2.15. The highest BCUT2D eigenvalue weighted by Crippen LogP contribution is 2.29. The normalized spacial score (nSPS) is 10.9. The van der Waals surface area contributed by atoms with Crippen molar-refractivity contribution in [3.05, 3.63) is 27.2 Å². The fraction of sp³-hybridized carbons (Fsp3) is 0.222. The molecule has 0 aliphatic rings. The maximum absolute atomic E-state index is 11.4. The molecule has 0 fully saturated rings. The Morgan fingerprint density at radius 1 is 1.56 bits per heavy atom. The summed E-state index contributed by atoms with van der Waals surface area (Å²) in [5, 5.41) is 8.80. The van der Waals surface area contributed by atoms with E-state index < -0.39 is 15.8 Å². The lowest BCUT2D eigenvalue weighted by molar-refractivity contribution is 0.604. The first kappa shape index (κ1) is 13.3. The number of anilines is 1. The standard InChI is InChI=1S/C9H8BrClN2O2S/c1-6-4-7(10)9(5-8(6)11)13-16(14,15)3-2-12/h4-5,13H,3H2,1H3. The molecule has 0 aliphatic carbocycles. The van der Waals surface area contributed by atoms with E-state index in [9.17, 15) is 8.42 Å². The minimum atomic E-state index is -3.64. The number of aryl methyl sites for hydroxylation is 1. The van der Waals surface area contributed by atoms with Crippen LogP contribution in [0.15, 0.2) is 16.6 Å². The van der Waals surface area contributed by atoms with Crippen molar-refractivity contribution in [2.75, 3.05) is 10.5 Å². The summed E-state index contributed by atoms with van der Waals surface area (Å²) in [6.45, 7) is 1.81. The second-order valence-electron chi connectivity index (χ2n) is 3.10. The molecule has 0 unspecified atom stereocenters. The second-order valence-corrected chi connectivity index (χ2v) is 6.08. The largest absolute Gasteiger partial charge is 0.281 e. The Morgan fingerprint density at radius 2 is 2.19 bits per heavy atom. The molecule has 0 saturated carbocycles. The van der Waals surface area contributed by atoms with E-state index >= 15 is 0 Å². The van der Waals surface area contributed by atoms with Crippen LogP contribution in [0.5, 0.6) is 0 Å². The molecule has 0 aromatic heterocycles. The number of nitrogens with zero attached hydrogens (tertiary/aromatic N) is 1. The zero-order valence-corrected chi connectivity index (χ0v) is 11.4. The molecule has 0 aliphatic heterocycles. The van der Waals surface area contributed by atoms with Crippen LogP contribution in [0.3, 0.4) is 0 Å². The summed E-state index contributed by atoms with van der Waals surface area (Å²) in [4.78, 5) is 0. The number of hydrogen-bond donors (Lipinski definition) is 1. The summed E-state index contributed by atoms with van der Waals surface area (Å²) in [7, 11) is -3.64. The topological polar surface area (TPSA) is 70.0 Å². The van der Waals surface area contributed by atoms with Crippen LogP contribution in [-0.2, 0) is 10.0 Å². The van der Waals surface area contributed by atoms with Crippen molar-refractivity contribution < 1.29 is 8.42 Å². The molecule has 4 nitrogen and oxygen atoms in total. The molecule has 0 atom stereocenters. The zero-order valence-electron chi connectivity index (χ0n) is 8.29. The van der Waals surface area contributed by atoms with Crippen LogP contribution in [0, 0.1) is 18.3 Å². The fourth-order valence-corrected chi connectivity index (χ4v) is 2.61. The first-order valence-corrected chi connectivity index (χ1v) is 7.01. The Morgan fingerprint density at radius 3 is 2.75 bits per heavy atom. The van der Waals surface area contributed by atoms with Crippen LogP contribution in [0.4, 0.5) is 5.69 Å². The van der Waals surface area contributed by atoms with Crippen molar-refractivity contribution in [2.24, 2.45) is 0 Å². The van der Waals surface area contributed by atoms with Crippen LogP contribution >= 0.6 is 27.5 Å². The number of hydrogen-bond acceptors (Lipinski definition) is 3. The van der Waals surface area contributed by atoms with Gasteiger partial charge in [-0.25, -0.2) is 8.42 Å². The van der Waals surface area contributed by atoms with Crippen molar-refractivity contribution in [2.45, 2.75) is 6.92 Å². The molecule has 0 radical (unpaired) electrons. The number of benzene rings is 1. The van der Waals surface area contributed by atoms with E-state index in [0.29, 0.717) is 15.2 Å². The van der Waals surface area contributed by atoms with E-state index in [1.165, 1.54) is 6.07 Å². The fourth-order valence-electron chi connectivity index (χ4n) is 1.01. The first-order valence-electron chi connectivity index (χ1n) is 4.19. The molecule has 0 saturated heterocycles. The molecular formula is C9H8BrClN2O2S. The van der Waals surface area contributed by atoms with Gasteiger partial charge in [-0.3, -0.25) is 4.72 Å². The third-order valence-electron chi connectivity index (χ3n) is 1.77. The molecular weight excluding hydrogens is 316 g/mol. The predicted octanol–water partition coefficient (Wildman–Crippen LogP) is 2.68. The molecule has 7 heteroatoms. The van der Waals surface area contributed by atoms with Gasteiger partial charge in [-0.2, -0.15) is 5.26 Å². The third kappa shape index (κ3) is 3.37. The average molecular weight is 324 g/mol. The third-order valence-corrected chi connectivity index (χ3v) is 3.87. The number of sulfonamides is 1. The van der Waals surface area contributed by atoms with Crippen LogP contribution in [0.25, 0.3) is 0 Å². The van der Waals surface area contributed by atoms with Gasteiger partial charge in [-0.1, -0.05) is 11.6 Å². The smallest absolute Gasteiger partial charge is 0.246 e. The maximum Gasteiger partial charge on any atom is 0.246 e. The highest BCUT2D eigenvalue weighted by molar-refractivity contribution is 9.10. The van der Waals surface area contributed by atoms with Crippen molar-refractivity contribution in [1.29, 1.82) is 5.26 Å². The summed E-state index contributed by atoms with van der Waals surface area (Å²) in [6, 6.07) is 4.77. The van der Waals surface area contributed by atoms with Gasteiger partial charge in [0.05, 0.1) is 11.8 Å². The number of rotatable bonds is 3. The maximum atomic E-state index is 11.4. The Labute approximate surface area is 107 Å². The van der Waals surface area contributed by atoms with Crippen molar-refractivity contribution >= 4 is 43.2 Å². The quantitative estimate of drug-likeness (QED) is 0.929. The summed E-state index contributed by atoms with van der Waals surface area (Å²) in [5.74, 6) is -0.592. The van der Waals surface area contributed by atoms with Crippen molar-refractivity contribution in [3.63, 3.8) is 0 Å². The molecule has 1 aromatic rings. The summed E-state index contributed by atoms with van der Waals surface area (Å²) < 4.78 is 25.6. The summed E-state index contributed by atoms with van der Waals surface area (Å²) in [6.07, 6.45) is 0. The highest BCUT2D eigenvalue weighted by atomic mass is 79.9. The van der Waals surface area contributed by atoms with Gasteiger partial charge in [0.1, 0.15) is 0 Å². The van der Waals surface area contributed by atoms with E-state index in [-0.39, 0.29) is 0 Å². The van der Waals surface area contributed by atoms with Gasteiger partial charge in [0.2, 0.25) is 10.0 Å². The van der Waals surface area contributed by atoms with Gasteiger partial charge in [0.15, 0.2) is 5.75 Å². The van der Waals surface area contributed by atoms with E-state index in [1.807, 2.05) is 0 Å². The van der Waals surface area contributed by atoms with Crippen LogP contribution < -0.4 is 4.72 Å². The highest BCUT2D eigenvalue weighted by Gasteiger charge is 2.12. The van der Waals surface area contributed by atoms with Gasteiger partial charge >= 0.3 is 0 Å². The Hall–Kier alpha value is -0.770. The van der Waals surface area contributed by atoms with Gasteiger partial charge < -0.3 is 0 Å². The number of halogens is 2. The summed E-state index contributed by atoms with van der Waals surface area (Å²) >= 11 is 9.09. The molecule has 86 valence electrons. The first-order chi connectivity index (χ1) is 7.35. The van der Waals surface area contributed by atoms with Crippen LogP contribution in [0.1, 0.15) is 5.56 Å². The van der Waals surface area contributed by atoms with Gasteiger partial charge in [0, 0.05) is 9.50 Å². The van der Waals surface area contributed by atoms with E-state index in [1.54, 1.807) is 19.1 Å². The molecule has 1 aromatic carbocycles. The SMILES string of the molecule is Cc1cc(Br)c(NS(=O)(=O)CC#N)cc1Cl. The monoisotopic (exact) mass is 322 g/mol. The molecule has 16 heavy (non-hydrogen) atoms. The summed E-state index contributed by atoms with van der Waals surface area (Å²) in [5.41, 5.74) is 1.16. The number of nitriles is 1. The lowest BCUT2D eigenvalue weighted by atomic mass is 10.2. The average Bonchev–Trinajstić information content (AvgIpc) is 2.13. The van der Waals surface area contributed by atoms with Crippen LogP contribution in [-0.4, -0.2) is 14.2 Å². The van der Waals surface area contributed by atoms with E-state index in [2.05, 4.69) is 20.7 Å². The van der Waals surface area contributed by atoms with E-state index in [4.69, 9.17) is 16.9 Å². The second kappa shape index (κ2) is 5.04. The molecule has 0 bridgehead atoms. The van der Waals surface area contributed by atoms with Crippen molar-refractivity contribution in [3.8, 4) is 6.07 Å². The van der Waals surface area contributed by atoms with Crippen LogP contribution in [0.2, 0.25) is 5.02 Å². The minimum Gasteiger partial charge on any atom is -0.281 e. The Bertz CT molecular complexity index is 551. The van der Waals surface area contributed by atoms with Gasteiger partial charge in [-0.15, -0.1) is 0 Å². The molecule has 1 N–H and O–H groups in total. The molecule has 1 rings (SSSR count). The predicted molar refractivity (Wildman–Crippen MR) is 66.9 cm³/mol. The lowest BCUT2D eigenvalue weighted by Gasteiger charge is -2.09. The number of nitrogens with one attached hydrogen (secondary N) is 1. The zero-order chi connectivity index (χ0) is 12.3. The van der Waals surface area contributed by atoms with Crippen molar-refractivity contribution in [1.82, 2.24) is 0 Å². The van der Waals surface area contributed by atoms with E-state index in [0.717, 1.165) is 5.56 Å². The van der Waals surface area contributed by atoms with Gasteiger partial charge in [0.25, 0.3) is 0 Å². The Kier molecular flexibility index (Phi) is 4.19. The molecule has 0 amide bonds. The Balaban J connectivity index is 3.08. The molecule has 0 heterocycles. The van der Waals surface area contributed by atoms with Gasteiger partial charge in [-0.05, 0) is 40.5 Å². The molecule has 0 spiro atoms. The minimum absolute atomic E-state index is 0.325.